The first-order chi connectivity index (χ1) is 10.3. The Labute approximate surface area is 129 Å². The van der Waals surface area contributed by atoms with Crippen molar-refractivity contribution < 1.29 is 14.0 Å². The highest BCUT2D eigenvalue weighted by molar-refractivity contribution is 5.93. The number of nitrogens with zero attached hydrogens (tertiary/aromatic N) is 1. The molecule has 2 amide bonds. The number of fused-ring (bicyclic) bond motifs is 1. The zero-order valence-corrected chi connectivity index (χ0v) is 13.3. The number of carbonyl (C=O) groups excluding carboxylic acids is 2. The zero-order chi connectivity index (χ0) is 16.3. The fraction of sp³-hybridized carbons (Fsp3) is 0.438. The summed E-state index contributed by atoms with van der Waals surface area (Å²) < 4.78 is 5.38. The topological polar surface area (TPSA) is 84.2 Å². The summed E-state index contributed by atoms with van der Waals surface area (Å²) >= 11 is 0. The lowest BCUT2D eigenvalue weighted by atomic mass is 9.96. The lowest BCUT2D eigenvalue weighted by Gasteiger charge is -2.17. The van der Waals surface area contributed by atoms with E-state index in [4.69, 9.17) is 4.42 Å². The van der Waals surface area contributed by atoms with E-state index in [1.54, 1.807) is 25.1 Å². The molecular formula is C16H21N3O3. The molecule has 1 aromatic carbocycles. The molecule has 118 valence electrons. The molecule has 6 nitrogen and oxygen atoms in total. The Kier molecular flexibility index (Phi) is 4.49. The molecule has 0 fully saturated rings. The van der Waals surface area contributed by atoms with E-state index in [1.807, 2.05) is 20.8 Å². The maximum Gasteiger partial charge on any atom is 0.226 e. The summed E-state index contributed by atoms with van der Waals surface area (Å²) in [6, 6.07) is 5.29. The van der Waals surface area contributed by atoms with Crippen molar-refractivity contribution in [3.63, 3.8) is 0 Å². The summed E-state index contributed by atoms with van der Waals surface area (Å²) in [7, 11) is 0. The molecule has 22 heavy (non-hydrogen) atoms. The molecule has 0 spiro atoms. The number of nitrogens with one attached hydrogen (secondary N) is 2. The van der Waals surface area contributed by atoms with E-state index in [-0.39, 0.29) is 18.2 Å². The van der Waals surface area contributed by atoms with Crippen LogP contribution in [0.15, 0.2) is 22.6 Å². The highest BCUT2D eigenvalue weighted by Crippen LogP contribution is 2.19. The van der Waals surface area contributed by atoms with Crippen molar-refractivity contribution >= 4 is 28.6 Å². The van der Waals surface area contributed by atoms with Crippen LogP contribution in [0.5, 0.6) is 0 Å². The molecular weight excluding hydrogens is 282 g/mol. The lowest BCUT2D eigenvalue weighted by Crippen LogP contribution is -2.36. The quantitative estimate of drug-likeness (QED) is 0.909. The van der Waals surface area contributed by atoms with Crippen molar-refractivity contribution in [3.05, 3.63) is 24.1 Å². The molecule has 0 atom stereocenters. The number of aromatic nitrogens is 1. The third-order valence-electron chi connectivity index (χ3n) is 3.10. The normalized spacial score (nSPS) is 11.5. The van der Waals surface area contributed by atoms with Gasteiger partial charge in [-0.1, -0.05) is 20.8 Å². The van der Waals surface area contributed by atoms with Crippen molar-refractivity contribution in [1.29, 1.82) is 0 Å². The summed E-state index contributed by atoms with van der Waals surface area (Å²) in [5.41, 5.74) is 1.60. The number of hydrogen-bond acceptors (Lipinski definition) is 4. The highest BCUT2D eigenvalue weighted by Gasteiger charge is 2.20. The summed E-state index contributed by atoms with van der Waals surface area (Å²) in [4.78, 5) is 27.8. The Bertz CT molecular complexity index is 698. The van der Waals surface area contributed by atoms with Gasteiger partial charge in [-0.25, -0.2) is 4.98 Å². The number of rotatable bonds is 4. The van der Waals surface area contributed by atoms with Gasteiger partial charge >= 0.3 is 0 Å². The van der Waals surface area contributed by atoms with E-state index >= 15 is 0 Å². The van der Waals surface area contributed by atoms with Crippen LogP contribution in [0.4, 0.5) is 5.69 Å². The molecule has 0 saturated carbocycles. The standard InChI is InChI=1S/C16H21N3O3/c1-10-18-12-9-11(5-6-13(12)22-10)19-14(20)7-8-17-15(21)16(2,3)4/h5-6,9H,7-8H2,1-4H3,(H,17,21)(H,19,20). The highest BCUT2D eigenvalue weighted by atomic mass is 16.3. The largest absolute Gasteiger partial charge is 0.441 e. The number of hydrogen-bond donors (Lipinski definition) is 2. The third-order valence-corrected chi connectivity index (χ3v) is 3.10. The molecule has 6 heteroatoms. The summed E-state index contributed by atoms with van der Waals surface area (Å²) in [6.07, 6.45) is 0.220. The average molecular weight is 303 g/mol. The van der Waals surface area contributed by atoms with Gasteiger partial charge in [-0.05, 0) is 18.2 Å². The molecule has 0 unspecified atom stereocenters. The zero-order valence-electron chi connectivity index (χ0n) is 13.3. The first-order valence-corrected chi connectivity index (χ1v) is 7.21. The average Bonchev–Trinajstić information content (AvgIpc) is 2.76. The van der Waals surface area contributed by atoms with Gasteiger partial charge in [0.05, 0.1) is 0 Å². The van der Waals surface area contributed by atoms with Gasteiger partial charge in [-0.2, -0.15) is 0 Å². The first-order valence-electron chi connectivity index (χ1n) is 7.21. The van der Waals surface area contributed by atoms with Gasteiger partial charge in [0.25, 0.3) is 0 Å². The SMILES string of the molecule is Cc1nc2cc(NC(=O)CCNC(=O)C(C)(C)C)ccc2o1. The molecule has 2 aromatic rings. The lowest BCUT2D eigenvalue weighted by molar-refractivity contribution is -0.128. The summed E-state index contributed by atoms with van der Waals surface area (Å²) in [5.74, 6) is 0.358. The van der Waals surface area contributed by atoms with Crippen molar-refractivity contribution in [2.75, 3.05) is 11.9 Å². The number of benzene rings is 1. The molecule has 2 rings (SSSR count). The summed E-state index contributed by atoms with van der Waals surface area (Å²) in [5, 5.41) is 5.53. The van der Waals surface area contributed by atoms with Crippen LogP contribution in [-0.2, 0) is 9.59 Å². The predicted molar refractivity (Wildman–Crippen MR) is 84.5 cm³/mol. The molecule has 0 aliphatic carbocycles. The van der Waals surface area contributed by atoms with Crippen molar-refractivity contribution in [2.24, 2.45) is 5.41 Å². The van der Waals surface area contributed by atoms with Crippen LogP contribution in [0, 0.1) is 12.3 Å². The molecule has 1 heterocycles. The minimum atomic E-state index is -0.452. The molecule has 0 bridgehead atoms. The molecule has 0 radical (unpaired) electrons. The van der Waals surface area contributed by atoms with Crippen LogP contribution >= 0.6 is 0 Å². The number of oxazole rings is 1. The maximum atomic E-state index is 11.9. The minimum Gasteiger partial charge on any atom is -0.441 e. The van der Waals surface area contributed by atoms with Crippen LogP contribution in [0.1, 0.15) is 33.1 Å². The van der Waals surface area contributed by atoms with E-state index < -0.39 is 5.41 Å². The Balaban J connectivity index is 1.87. The monoisotopic (exact) mass is 303 g/mol. The van der Waals surface area contributed by atoms with E-state index in [2.05, 4.69) is 15.6 Å². The van der Waals surface area contributed by atoms with Gasteiger partial charge in [0, 0.05) is 31.0 Å². The van der Waals surface area contributed by atoms with Gasteiger partial charge in [0.15, 0.2) is 11.5 Å². The number of amides is 2. The second-order valence-electron chi connectivity index (χ2n) is 6.22. The molecule has 0 aliphatic heterocycles. The van der Waals surface area contributed by atoms with Crippen molar-refractivity contribution in [3.8, 4) is 0 Å². The fourth-order valence-corrected chi connectivity index (χ4v) is 1.90. The number of aryl methyl sites for hydroxylation is 1. The second-order valence-corrected chi connectivity index (χ2v) is 6.22. The Hall–Kier alpha value is -2.37. The minimum absolute atomic E-state index is 0.0696. The predicted octanol–water partition coefficient (Wildman–Crippen LogP) is 2.63. The van der Waals surface area contributed by atoms with Crippen LogP contribution in [0.2, 0.25) is 0 Å². The van der Waals surface area contributed by atoms with Gasteiger partial charge in [-0.3, -0.25) is 9.59 Å². The van der Waals surface area contributed by atoms with Crippen LogP contribution < -0.4 is 10.6 Å². The van der Waals surface area contributed by atoms with Crippen molar-refractivity contribution in [1.82, 2.24) is 10.3 Å². The van der Waals surface area contributed by atoms with Crippen LogP contribution in [0.25, 0.3) is 11.1 Å². The maximum absolute atomic E-state index is 11.9. The van der Waals surface area contributed by atoms with E-state index in [0.717, 1.165) is 0 Å². The Morgan fingerprint density at radius 1 is 1.27 bits per heavy atom. The number of anilines is 1. The smallest absolute Gasteiger partial charge is 0.226 e. The first kappa shape index (κ1) is 16.0. The van der Waals surface area contributed by atoms with Gasteiger partial charge in [0.1, 0.15) is 5.52 Å². The van der Waals surface area contributed by atoms with E-state index in [1.165, 1.54) is 0 Å². The fourth-order valence-electron chi connectivity index (χ4n) is 1.90. The Morgan fingerprint density at radius 2 is 2.00 bits per heavy atom. The van der Waals surface area contributed by atoms with Crippen LogP contribution in [0.3, 0.4) is 0 Å². The second kappa shape index (κ2) is 6.17. The summed E-state index contributed by atoms with van der Waals surface area (Å²) in [6.45, 7) is 7.58. The molecule has 0 aliphatic rings. The third kappa shape index (κ3) is 4.07. The molecule has 1 aromatic heterocycles. The Morgan fingerprint density at radius 3 is 2.68 bits per heavy atom. The van der Waals surface area contributed by atoms with E-state index in [0.29, 0.717) is 29.2 Å². The van der Waals surface area contributed by atoms with Gasteiger partial charge in [-0.15, -0.1) is 0 Å². The molecule has 2 N–H and O–H groups in total. The van der Waals surface area contributed by atoms with Crippen molar-refractivity contribution in [2.45, 2.75) is 34.1 Å². The van der Waals surface area contributed by atoms with Crippen LogP contribution in [-0.4, -0.2) is 23.3 Å². The molecule has 0 saturated heterocycles. The number of carbonyl (C=O) groups is 2. The van der Waals surface area contributed by atoms with Gasteiger partial charge in [0.2, 0.25) is 11.8 Å². The van der Waals surface area contributed by atoms with Gasteiger partial charge < -0.3 is 15.1 Å². The van der Waals surface area contributed by atoms with E-state index in [9.17, 15) is 9.59 Å².